The molecule has 1 amide bonds. The fraction of sp³-hybridized carbons (Fsp3) is 0.667. The summed E-state index contributed by atoms with van der Waals surface area (Å²) in [7, 11) is 1.89. The number of carbonyl (C=O) groups excluding carboxylic acids is 1. The van der Waals surface area contributed by atoms with Crippen molar-refractivity contribution < 1.29 is 4.79 Å². The third-order valence-corrected chi connectivity index (χ3v) is 2.54. The first-order valence-electron chi connectivity index (χ1n) is 6.11. The van der Waals surface area contributed by atoms with Gasteiger partial charge in [0.25, 0.3) is 0 Å². The van der Waals surface area contributed by atoms with Crippen molar-refractivity contribution in [2.45, 2.75) is 26.3 Å². The summed E-state index contributed by atoms with van der Waals surface area (Å²) in [5.74, 6) is 0.524. The van der Waals surface area contributed by atoms with E-state index in [2.05, 4.69) is 22.7 Å². The van der Waals surface area contributed by atoms with Crippen molar-refractivity contribution in [1.29, 1.82) is 0 Å². The molecule has 0 radical (unpaired) electrons. The zero-order valence-corrected chi connectivity index (χ0v) is 10.6. The van der Waals surface area contributed by atoms with E-state index >= 15 is 0 Å². The first-order valence-corrected chi connectivity index (χ1v) is 6.11. The number of aromatic nitrogens is 2. The van der Waals surface area contributed by atoms with Gasteiger partial charge in [-0.05, 0) is 32.0 Å². The summed E-state index contributed by atoms with van der Waals surface area (Å²) >= 11 is 0. The lowest BCUT2D eigenvalue weighted by molar-refractivity contribution is -0.121. The highest BCUT2D eigenvalue weighted by molar-refractivity contribution is 5.75. The van der Waals surface area contributed by atoms with E-state index in [4.69, 9.17) is 0 Å². The van der Waals surface area contributed by atoms with Gasteiger partial charge in [-0.2, -0.15) is 5.10 Å². The summed E-state index contributed by atoms with van der Waals surface area (Å²) in [5.41, 5.74) is 0. The maximum Gasteiger partial charge on any atom is 0.220 e. The maximum atomic E-state index is 11.5. The van der Waals surface area contributed by atoms with Crippen LogP contribution in [0.15, 0.2) is 18.5 Å². The average Bonchev–Trinajstić information content (AvgIpc) is 2.79. The van der Waals surface area contributed by atoms with Crippen molar-refractivity contribution >= 4 is 5.91 Å². The molecule has 0 saturated carbocycles. The fourth-order valence-electron chi connectivity index (χ4n) is 1.59. The lowest BCUT2D eigenvalue weighted by Gasteiger charge is -2.12. The average molecular weight is 238 g/mol. The molecule has 2 N–H and O–H groups in total. The lowest BCUT2D eigenvalue weighted by atomic mass is 10.2. The number of nitrogens with zero attached hydrogens (tertiary/aromatic N) is 2. The summed E-state index contributed by atoms with van der Waals surface area (Å²) < 4.78 is 1.89. The van der Waals surface area contributed by atoms with Crippen molar-refractivity contribution in [3.8, 4) is 0 Å². The van der Waals surface area contributed by atoms with E-state index in [1.54, 1.807) is 6.20 Å². The van der Waals surface area contributed by atoms with Crippen LogP contribution in [-0.4, -0.2) is 35.8 Å². The van der Waals surface area contributed by atoms with E-state index in [1.165, 1.54) is 0 Å². The molecule has 0 aliphatic rings. The van der Waals surface area contributed by atoms with Crippen LogP contribution >= 0.6 is 0 Å². The van der Waals surface area contributed by atoms with Crippen molar-refractivity contribution in [1.82, 2.24) is 20.4 Å². The summed E-state index contributed by atoms with van der Waals surface area (Å²) in [6.45, 7) is 4.54. The van der Waals surface area contributed by atoms with Crippen LogP contribution in [0.3, 0.4) is 0 Å². The molecule has 1 aromatic heterocycles. The number of hydrogen-bond acceptors (Lipinski definition) is 3. The van der Waals surface area contributed by atoms with E-state index in [9.17, 15) is 4.79 Å². The second-order valence-corrected chi connectivity index (χ2v) is 4.34. The number of amides is 1. The number of carbonyl (C=O) groups is 1. The van der Waals surface area contributed by atoms with Gasteiger partial charge in [-0.25, -0.2) is 0 Å². The fourth-order valence-corrected chi connectivity index (χ4v) is 1.59. The third kappa shape index (κ3) is 6.06. The molecule has 0 aliphatic carbocycles. The van der Waals surface area contributed by atoms with Gasteiger partial charge in [0.15, 0.2) is 0 Å². The van der Waals surface area contributed by atoms with Gasteiger partial charge in [0.05, 0.1) is 0 Å². The van der Waals surface area contributed by atoms with Crippen LogP contribution in [0, 0.1) is 5.92 Å². The molecule has 1 rings (SSSR count). The van der Waals surface area contributed by atoms with Crippen LogP contribution in [-0.2, 0) is 11.3 Å². The van der Waals surface area contributed by atoms with Crippen molar-refractivity contribution in [3.05, 3.63) is 18.5 Å². The largest absolute Gasteiger partial charge is 0.356 e. The Morgan fingerprint density at radius 1 is 1.53 bits per heavy atom. The molecule has 1 heterocycles. The van der Waals surface area contributed by atoms with Crippen LogP contribution in [0.5, 0.6) is 0 Å². The standard InChI is InChI=1S/C12H22N4O/c1-11(10-16-8-4-7-15-16)9-14-12(17)5-3-6-13-2/h4,7-8,11,13H,3,5-6,9-10H2,1-2H3,(H,14,17). The van der Waals surface area contributed by atoms with E-state index < -0.39 is 0 Å². The van der Waals surface area contributed by atoms with Gasteiger partial charge in [0.2, 0.25) is 5.91 Å². The number of rotatable bonds is 8. The molecule has 0 aliphatic heterocycles. The van der Waals surface area contributed by atoms with Gasteiger partial charge >= 0.3 is 0 Å². The molecule has 0 fully saturated rings. The number of hydrogen-bond donors (Lipinski definition) is 2. The van der Waals surface area contributed by atoms with Gasteiger partial charge < -0.3 is 10.6 Å². The summed E-state index contributed by atoms with van der Waals surface area (Å²) in [5, 5.41) is 10.1. The molecule has 1 aromatic rings. The molecule has 0 saturated heterocycles. The summed E-state index contributed by atoms with van der Waals surface area (Å²) in [6.07, 6.45) is 5.18. The molecule has 0 bridgehead atoms. The quantitative estimate of drug-likeness (QED) is 0.653. The smallest absolute Gasteiger partial charge is 0.220 e. The Morgan fingerprint density at radius 2 is 2.35 bits per heavy atom. The second kappa shape index (κ2) is 7.84. The SMILES string of the molecule is CNCCCC(=O)NCC(C)Cn1cccn1. The molecule has 0 spiro atoms. The minimum absolute atomic E-state index is 0.132. The zero-order valence-electron chi connectivity index (χ0n) is 10.6. The Balaban J connectivity index is 2.10. The Bertz CT molecular complexity index is 310. The Labute approximate surface area is 103 Å². The molecule has 1 unspecified atom stereocenters. The van der Waals surface area contributed by atoms with Crippen LogP contribution < -0.4 is 10.6 Å². The van der Waals surface area contributed by atoms with Gasteiger partial charge in [-0.15, -0.1) is 0 Å². The maximum absolute atomic E-state index is 11.5. The Kier molecular flexibility index (Phi) is 6.32. The summed E-state index contributed by atoms with van der Waals surface area (Å²) in [6, 6.07) is 1.91. The third-order valence-electron chi connectivity index (χ3n) is 2.54. The van der Waals surface area contributed by atoms with Crippen LogP contribution in [0.25, 0.3) is 0 Å². The molecular weight excluding hydrogens is 216 g/mol. The topological polar surface area (TPSA) is 59.0 Å². The minimum Gasteiger partial charge on any atom is -0.356 e. The highest BCUT2D eigenvalue weighted by Crippen LogP contribution is 1.98. The second-order valence-electron chi connectivity index (χ2n) is 4.34. The summed E-state index contributed by atoms with van der Waals surface area (Å²) in [4.78, 5) is 11.5. The molecular formula is C12H22N4O. The first kappa shape index (κ1) is 13.7. The minimum atomic E-state index is 0.132. The van der Waals surface area contributed by atoms with Crippen LogP contribution in [0.4, 0.5) is 0 Å². The number of nitrogens with one attached hydrogen (secondary N) is 2. The van der Waals surface area contributed by atoms with E-state index in [1.807, 2.05) is 24.0 Å². The van der Waals surface area contributed by atoms with Crippen molar-refractivity contribution in [3.63, 3.8) is 0 Å². The van der Waals surface area contributed by atoms with Gasteiger partial charge in [-0.3, -0.25) is 9.48 Å². The molecule has 17 heavy (non-hydrogen) atoms. The molecule has 5 nitrogen and oxygen atoms in total. The predicted octanol–water partition coefficient (Wildman–Crippen LogP) is 0.635. The highest BCUT2D eigenvalue weighted by Gasteiger charge is 2.06. The molecule has 96 valence electrons. The van der Waals surface area contributed by atoms with Gasteiger partial charge in [0, 0.05) is 31.9 Å². The normalized spacial score (nSPS) is 12.4. The zero-order chi connectivity index (χ0) is 12.5. The Morgan fingerprint density at radius 3 is 3.00 bits per heavy atom. The van der Waals surface area contributed by atoms with Crippen molar-refractivity contribution in [2.24, 2.45) is 5.92 Å². The molecule has 1 atom stereocenters. The Hall–Kier alpha value is -1.36. The van der Waals surface area contributed by atoms with Crippen LogP contribution in [0.1, 0.15) is 19.8 Å². The predicted molar refractivity (Wildman–Crippen MR) is 67.6 cm³/mol. The van der Waals surface area contributed by atoms with E-state index in [0.717, 1.165) is 19.5 Å². The lowest BCUT2D eigenvalue weighted by Crippen LogP contribution is -2.30. The molecule has 5 heteroatoms. The van der Waals surface area contributed by atoms with Crippen LogP contribution in [0.2, 0.25) is 0 Å². The van der Waals surface area contributed by atoms with E-state index in [-0.39, 0.29) is 5.91 Å². The van der Waals surface area contributed by atoms with Gasteiger partial charge in [-0.1, -0.05) is 6.92 Å². The van der Waals surface area contributed by atoms with Crippen molar-refractivity contribution in [2.75, 3.05) is 20.1 Å². The highest BCUT2D eigenvalue weighted by atomic mass is 16.1. The van der Waals surface area contributed by atoms with E-state index in [0.29, 0.717) is 18.9 Å². The first-order chi connectivity index (χ1) is 8.22. The van der Waals surface area contributed by atoms with Gasteiger partial charge in [0.1, 0.15) is 0 Å². The molecule has 0 aromatic carbocycles. The monoisotopic (exact) mass is 238 g/mol.